The lowest BCUT2D eigenvalue weighted by molar-refractivity contribution is 0.414. The molecular formula is C10H15NO. The Bertz CT molecular complexity index is 218. The second-order valence-electron chi connectivity index (χ2n) is 2.74. The van der Waals surface area contributed by atoms with Crippen molar-refractivity contribution in [3.8, 4) is 5.75 Å². The molecule has 0 unspecified atom stereocenters. The molecule has 2 nitrogen and oxygen atoms in total. The molecule has 0 heterocycles. The van der Waals surface area contributed by atoms with Crippen molar-refractivity contribution in [3.05, 3.63) is 29.8 Å². The fourth-order valence-corrected chi connectivity index (χ4v) is 1.10. The molecule has 1 aromatic carbocycles. The Hall–Kier alpha value is -1.02. The van der Waals surface area contributed by atoms with Crippen LogP contribution >= 0.6 is 0 Å². The fraction of sp³-hybridized carbons (Fsp3) is 0.400. The second kappa shape index (κ2) is 4.78. The molecule has 0 spiro atoms. The van der Waals surface area contributed by atoms with E-state index in [0.29, 0.717) is 0 Å². The Morgan fingerprint density at radius 1 is 1.25 bits per heavy atom. The zero-order valence-corrected chi connectivity index (χ0v) is 7.42. The van der Waals surface area contributed by atoms with Crippen molar-refractivity contribution in [2.75, 3.05) is 13.7 Å². The summed E-state index contributed by atoms with van der Waals surface area (Å²) in [6.07, 6.45) is 2.10. The molecule has 0 amide bonds. The van der Waals surface area contributed by atoms with Gasteiger partial charge in [-0.2, -0.15) is 0 Å². The molecule has 2 heteroatoms. The van der Waals surface area contributed by atoms with Gasteiger partial charge in [0.2, 0.25) is 0 Å². The smallest absolute Gasteiger partial charge is 0.118 e. The first-order chi connectivity index (χ1) is 5.86. The maximum atomic E-state index is 5.41. The van der Waals surface area contributed by atoms with Gasteiger partial charge in [-0.1, -0.05) is 12.1 Å². The van der Waals surface area contributed by atoms with Crippen LogP contribution in [-0.2, 0) is 6.42 Å². The molecule has 1 rings (SSSR count). The van der Waals surface area contributed by atoms with Crippen LogP contribution < -0.4 is 10.5 Å². The van der Waals surface area contributed by atoms with Gasteiger partial charge in [0.05, 0.1) is 7.11 Å². The van der Waals surface area contributed by atoms with Crippen molar-refractivity contribution in [1.29, 1.82) is 0 Å². The minimum Gasteiger partial charge on any atom is -0.497 e. The number of benzene rings is 1. The maximum absolute atomic E-state index is 5.41. The molecule has 0 radical (unpaired) electrons. The minimum absolute atomic E-state index is 0.756. The van der Waals surface area contributed by atoms with Gasteiger partial charge in [-0.25, -0.2) is 0 Å². The van der Waals surface area contributed by atoms with Crippen LogP contribution in [-0.4, -0.2) is 13.7 Å². The Kier molecular flexibility index (Phi) is 3.61. The summed E-state index contributed by atoms with van der Waals surface area (Å²) in [6, 6.07) is 8.11. The van der Waals surface area contributed by atoms with Gasteiger partial charge in [0.25, 0.3) is 0 Å². The van der Waals surface area contributed by atoms with Gasteiger partial charge < -0.3 is 10.5 Å². The molecule has 0 bridgehead atoms. The van der Waals surface area contributed by atoms with Gasteiger partial charge >= 0.3 is 0 Å². The summed E-state index contributed by atoms with van der Waals surface area (Å²) in [5.74, 6) is 0.909. The van der Waals surface area contributed by atoms with Crippen molar-refractivity contribution in [3.63, 3.8) is 0 Å². The highest BCUT2D eigenvalue weighted by molar-refractivity contribution is 5.27. The number of methoxy groups -OCH3 is 1. The third kappa shape index (κ3) is 2.55. The van der Waals surface area contributed by atoms with Gasteiger partial charge in [-0.3, -0.25) is 0 Å². The average Bonchev–Trinajstić information content (AvgIpc) is 2.15. The number of hydrogen-bond donors (Lipinski definition) is 1. The highest BCUT2D eigenvalue weighted by atomic mass is 16.5. The van der Waals surface area contributed by atoms with E-state index in [1.54, 1.807) is 7.11 Å². The third-order valence-corrected chi connectivity index (χ3v) is 1.83. The lowest BCUT2D eigenvalue weighted by Gasteiger charge is -2.01. The van der Waals surface area contributed by atoms with Crippen molar-refractivity contribution in [1.82, 2.24) is 0 Å². The lowest BCUT2D eigenvalue weighted by atomic mass is 10.1. The first-order valence-corrected chi connectivity index (χ1v) is 4.20. The monoisotopic (exact) mass is 165 g/mol. The summed E-state index contributed by atoms with van der Waals surface area (Å²) in [6.45, 7) is 0.756. The highest BCUT2D eigenvalue weighted by Crippen LogP contribution is 2.11. The van der Waals surface area contributed by atoms with Crippen molar-refractivity contribution in [2.45, 2.75) is 12.8 Å². The quantitative estimate of drug-likeness (QED) is 0.735. The molecular weight excluding hydrogens is 150 g/mol. The van der Waals surface area contributed by atoms with Crippen LogP contribution in [0.2, 0.25) is 0 Å². The molecule has 0 atom stereocenters. The van der Waals surface area contributed by atoms with Crippen LogP contribution in [0.5, 0.6) is 5.75 Å². The largest absolute Gasteiger partial charge is 0.497 e. The first-order valence-electron chi connectivity index (χ1n) is 4.20. The van der Waals surface area contributed by atoms with Gasteiger partial charge in [0, 0.05) is 0 Å². The summed E-state index contributed by atoms with van der Waals surface area (Å²) in [5.41, 5.74) is 6.73. The molecule has 1 aromatic rings. The fourth-order valence-electron chi connectivity index (χ4n) is 1.10. The Morgan fingerprint density at radius 2 is 1.92 bits per heavy atom. The maximum Gasteiger partial charge on any atom is 0.118 e. The molecule has 0 aliphatic rings. The minimum atomic E-state index is 0.756. The van der Waals surface area contributed by atoms with E-state index in [4.69, 9.17) is 10.5 Å². The van der Waals surface area contributed by atoms with Gasteiger partial charge in [-0.05, 0) is 37.1 Å². The summed E-state index contributed by atoms with van der Waals surface area (Å²) in [4.78, 5) is 0. The standard InChI is InChI=1S/C10H15NO/c1-12-10-6-4-9(5-7-10)3-2-8-11/h4-7H,2-3,8,11H2,1H3. The first kappa shape index (κ1) is 9.07. The van der Waals surface area contributed by atoms with Crippen LogP contribution in [0.25, 0.3) is 0 Å². The van der Waals surface area contributed by atoms with Gasteiger partial charge in [0.1, 0.15) is 5.75 Å². The van der Waals surface area contributed by atoms with Crippen molar-refractivity contribution < 1.29 is 4.74 Å². The van der Waals surface area contributed by atoms with E-state index in [1.165, 1.54) is 5.56 Å². The zero-order chi connectivity index (χ0) is 8.81. The van der Waals surface area contributed by atoms with Crippen molar-refractivity contribution >= 4 is 0 Å². The van der Waals surface area contributed by atoms with Crippen LogP contribution in [0.1, 0.15) is 12.0 Å². The summed E-state index contributed by atoms with van der Waals surface area (Å²) in [7, 11) is 1.68. The van der Waals surface area contributed by atoms with E-state index >= 15 is 0 Å². The Morgan fingerprint density at radius 3 is 2.42 bits per heavy atom. The van der Waals surface area contributed by atoms with E-state index in [1.807, 2.05) is 12.1 Å². The van der Waals surface area contributed by atoms with Crippen LogP contribution in [0.3, 0.4) is 0 Å². The van der Waals surface area contributed by atoms with E-state index in [2.05, 4.69) is 12.1 Å². The molecule has 0 aliphatic carbocycles. The van der Waals surface area contributed by atoms with E-state index < -0.39 is 0 Å². The normalized spacial score (nSPS) is 9.83. The number of nitrogens with two attached hydrogens (primary N) is 1. The number of hydrogen-bond acceptors (Lipinski definition) is 2. The predicted molar refractivity (Wildman–Crippen MR) is 50.4 cm³/mol. The molecule has 0 aliphatic heterocycles. The zero-order valence-electron chi connectivity index (χ0n) is 7.42. The SMILES string of the molecule is COc1ccc(CCCN)cc1. The molecule has 66 valence electrons. The van der Waals surface area contributed by atoms with E-state index in [-0.39, 0.29) is 0 Å². The number of aryl methyl sites for hydroxylation is 1. The average molecular weight is 165 g/mol. The van der Waals surface area contributed by atoms with Crippen LogP contribution in [0, 0.1) is 0 Å². The molecule has 0 fully saturated rings. The second-order valence-corrected chi connectivity index (χ2v) is 2.74. The summed E-state index contributed by atoms with van der Waals surface area (Å²) in [5, 5.41) is 0. The lowest BCUT2D eigenvalue weighted by Crippen LogP contribution is -2.00. The van der Waals surface area contributed by atoms with Gasteiger partial charge in [-0.15, -0.1) is 0 Å². The van der Waals surface area contributed by atoms with Crippen LogP contribution in [0.15, 0.2) is 24.3 Å². The molecule has 12 heavy (non-hydrogen) atoms. The summed E-state index contributed by atoms with van der Waals surface area (Å²) >= 11 is 0. The third-order valence-electron chi connectivity index (χ3n) is 1.83. The summed E-state index contributed by atoms with van der Waals surface area (Å²) < 4.78 is 5.05. The van der Waals surface area contributed by atoms with E-state index in [9.17, 15) is 0 Å². The van der Waals surface area contributed by atoms with E-state index in [0.717, 1.165) is 25.1 Å². The number of ether oxygens (including phenoxy) is 1. The molecule has 2 N–H and O–H groups in total. The Balaban J connectivity index is 2.53. The molecule has 0 saturated carbocycles. The topological polar surface area (TPSA) is 35.2 Å². The molecule has 0 aromatic heterocycles. The molecule has 0 saturated heterocycles. The number of rotatable bonds is 4. The van der Waals surface area contributed by atoms with Crippen LogP contribution in [0.4, 0.5) is 0 Å². The highest BCUT2D eigenvalue weighted by Gasteiger charge is 1.92. The van der Waals surface area contributed by atoms with Crippen molar-refractivity contribution in [2.24, 2.45) is 5.73 Å². The Labute approximate surface area is 73.3 Å². The predicted octanol–water partition coefficient (Wildman–Crippen LogP) is 1.59. The van der Waals surface area contributed by atoms with Gasteiger partial charge in [0.15, 0.2) is 0 Å².